The largest absolute Gasteiger partial charge is 0.476 e. The van der Waals surface area contributed by atoms with Gasteiger partial charge in [0.25, 0.3) is 0 Å². The van der Waals surface area contributed by atoms with Crippen LogP contribution in [0.1, 0.15) is 54.9 Å². The average Bonchev–Trinajstić information content (AvgIpc) is 1.97. The molecule has 2 heteroatoms. The van der Waals surface area contributed by atoms with Gasteiger partial charge in [-0.3, -0.25) is 0 Å². The van der Waals surface area contributed by atoms with E-state index in [4.69, 9.17) is 0 Å². The van der Waals surface area contributed by atoms with Gasteiger partial charge >= 0.3 is 0 Å². The molecule has 0 spiro atoms. The summed E-state index contributed by atoms with van der Waals surface area (Å²) in [7, 11) is 2.20. The second-order valence-electron chi connectivity index (χ2n) is 6.96. The van der Waals surface area contributed by atoms with Gasteiger partial charge in [-0.2, -0.15) is 0 Å². The molecule has 1 heterocycles. The minimum atomic E-state index is 0. The number of hydrogen-bond donors (Lipinski definition) is 0. The third-order valence-corrected chi connectivity index (χ3v) is 3.72. The van der Waals surface area contributed by atoms with Gasteiger partial charge in [-0.1, -0.05) is 34.6 Å². The van der Waals surface area contributed by atoms with Gasteiger partial charge in [-0.15, -0.1) is 5.54 Å². The molecule has 0 aliphatic carbocycles. The number of rotatable bonds is 0. The molecular formula is C14H26NRf-. The second-order valence-corrected chi connectivity index (χ2v) is 6.96. The maximum atomic E-state index is 3.68. The summed E-state index contributed by atoms with van der Waals surface area (Å²) >= 11 is 0. The van der Waals surface area contributed by atoms with E-state index in [1.807, 2.05) is 0 Å². The van der Waals surface area contributed by atoms with Crippen LogP contribution in [-0.2, 0) is 0 Å². The molecule has 0 aromatic heterocycles. The molecule has 1 rings (SSSR count). The summed E-state index contributed by atoms with van der Waals surface area (Å²) in [5.74, 6) is 0. The van der Waals surface area contributed by atoms with Gasteiger partial charge in [0.1, 0.15) is 0 Å². The van der Waals surface area contributed by atoms with Crippen molar-refractivity contribution in [2.75, 3.05) is 7.05 Å². The summed E-state index contributed by atoms with van der Waals surface area (Å²) in [5, 5.41) is 0. The Morgan fingerprint density at radius 1 is 1.12 bits per heavy atom. The molecule has 0 aromatic carbocycles. The molecular weight excluding hydrogens is 449 g/mol. The second kappa shape index (κ2) is 3.62. The summed E-state index contributed by atoms with van der Waals surface area (Å²) in [6, 6.07) is 0. The summed E-state index contributed by atoms with van der Waals surface area (Å²) in [5.41, 5.74) is 1.99. The van der Waals surface area contributed by atoms with E-state index in [2.05, 4.69) is 66.5 Å². The van der Waals surface area contributed by atoms with Crippen molar-refractivity contribution in [2.45, 2.75) is 66.0 Å². The van der Waals surface area contributed by atoms with Crippen molar-refractivity contribution >= 4 is 0 Å². The van der Waals surface area contributed by atoms with E-state index >= 15 is 0 Å². The van der Waals surface area contributed by atoms with Crippen molar-refractivity contribution < 1.29 is 0 Å². The first-order valence-corrected chi connectivity index (χ1v) is 5.85. The Morgan fingerprint density at radius 3 is 1.88 bits per heavy atom. The smallest absolute Gasteiger partial charge is 0.0139 e. The van der Waals surface area contributed by atoms with Crippen molar-refractivity contribution in [1.29, 1.82) is 0 Å². The standard InChI is InChI=1S/C14H26N.Rf/c1-12(2,3)11-9-13(4,5)15(8)14(6,7)10-11;/h9H2,1-8H3;/q-1;. The van der Waals surface area contributed by atoms with Crippen LogP contribution >= 0.6 is 0 Å². The van der Waals surface area contributed by atoms with Gasteiger partial charge < -0.3 is 11.0 Å². The van der Waals surface area contributed by atoms with Gasteiger partial charge in [0.05, 0.1) is 0 Å². The summed E-state index contributed by atoms with van der Waals surface area (Å²) in [6.45, 7) is 16.0. The molecule has 0 fully saturated rings. The SMILES string of the molecule is CN1C(C)(C)[C-]=C(C(C)(C)C)CC1(C)C.[Rf]. The fourth-order valence-electron chi connectivity index (χ4n) is 2.26. The maximum Gasteiger partial charge on any atom is 0.0139 e. The van der Waals surface area contributed by atoms with Crippen molar-refractivity contribution in [3.8, 4) is 0 Å². The van der Waals surface area contributed by atoms with Crippen molar-refractivity contribution in [3.63, 3.8) is 0 Å². The predicted octanol–water partition coefficient (Wildman–Crippen LogP) is 3.65. The number of nitrogens with zero attached hydrogens (tertiary/aromatic N) is 1. The minimum Gasteiger partial charge on any atom is -0.476 e. The van der Waals surface area contributed by atoms with Crippen LogP contribution in [0.4, 0.5) is 0 Å². The van der Waals surface area contributed by atoms with E-state index in [1.54, 1.807) is 0 Å². The normalized spacial score (nSPS) is 24.6. The summed E-state index contributed by atoms with van der Waals surface area (Å²) in [6.07, 6.45) is 4.80. The van der Waals surface area contributed by atoms with Crippen LogP contribution < -0.4 is 0 Å². The van der Waals surface area contributed by atoms with Crippen molar-refractivity contribution in [1.82, 2.24) is 4.90 Å². The Bertz CT molecular complexity index is 282. The summed E-state index contributed by atoms with van der Waals surface area (Å²) in [4.78, 5) is 2.43. The van der Waals surface area contributed by atoms with E-state index in [9.17, 15) is 0 Å². The zero-order valence-corrected chi connectivity index (χ0v) is 18.8. The van der Waals surface area contributed by atoms with Crippen LogP contribution in [0.3, 0.4) is 0 Å². The first kappa shape index (κ1) is 14.7. The van der Waals surface area contributed by atoms with Crippen LogP contribution in [0.5, 0.6) is 0 Å². The Kier molecular flexibility index (Phi) is 3.33. The Balaban J connectivity index is 0.00000225. The number of hydrogen-bond acceptors (Lipinski definition) is 1. The van der Waals surface area contributed by atoms with E-state index < -0.39 is 0 Å². The topological polar surface area (TPSA) is 3.24 Å². The fourth-order valence-corrected chi connectivity index (χ4v) is 2.26. The van der Waals surface area contributed by atoms with Gasteiger partial charge in [0.2, 0.25) is 0 Å². The van der Waals surface area contributed by atoms with E-state index in [0.717, 1.165) is 6.42 Å². The molecule has 0 radical (unpaired) electrons. The molecule has 0 amide bonds. The van der Waals surface area contributed by atoms with Gasteiger partial charge in [0.15, 0.2) is 0 Å². The van der Waals surface area contributed by atoms with Crippen LogP contribution in [0, 0.1) is 11.5 Å². The molecule has 1 nitrogen and oxygen atoms in total. The van der Waals surface area contributed by atoms with E-state index in [1.165, 1.54) is 5.57 Å². The predicted molar refractivity (Wildman–Crippen MR) is 66.7 cm³/mol. The van der Waals surface area contributed by atoms with E-state index in [-0.39, 0.29) is 16.5 Å². The average molecular weight is 475 g/mol. The molecule has 0 saturated carbocycles. The molecule has 90 valence electrons. The Morgan fingerprint density at radius 2 is 1.56 bits per heavy atom. The van der Waals surface area contributed by atoms with Gasteiger partial charge in [0, 0.05) is 5.54 Å². The molecule has 0 atom stereocenters. The van der Waals surface area contributed by atoms with Crippen LogP contribution in [0.25, 0.3) is 0 Å². The summed E-state index contributed by atoms with van der Waals surface area (Å²) < 4.78 is 0. The molecule has 0 unspecified atom stereocenters. The minimum absolute atomic E-state index is 0. The zero-order chi connectivity index (χ0) is 12.1. The third-order valence-electron chi connectivity index (χ3n) is 3.72. The molecule has 1 aliphatic heterocycles. The van der Waals surface area contributed by atoms with Crippen molar-refractivity contribution in [3.05, 3.63) is 11.6 Å². The molecule has 0 N–H and O–H groups in total. The van der Waals surface area contributed by atoms with Gasteiger partial charge in [-0.05, 0) is 32.7 Å². The van der Waals surface area contributed by atoms with Crippen LogP contribution in [0.2, 0.25) is 0 Å². The fraction of sp³-hybridized carbons (Fsp3) is 0.857. The van der Waals surface area contributed by atoms with E-state index in [0.29, 0.717) is 0 Å². The Hall–Kier alpha value is -1.30. The number of likely N-dealkylation sites (N-methyl/N-ethyl adjacent to an activating group) is 1. The first-order chi connectivity index (χ1) is 6.47. The van der Waals surface area contributed by atoms with Crippen molar-refractivity contribution in [2.24, 2.45) is 5.41 Å². The molecule has 0 saturated heterocycles. The van der Waals surface area contributed by atoms with Crippen LogP contribution in [-0.4, -0.2) is 23.0 Å². The molecule has 16 heavy (non-hydrogen) atoms. The third kappa shape index (κ3) is 2.44. The van der Waals surface area contributed by atoms with Crippen LogP contribution in [0.15, 0.2) is 5.57 Å². The first-order valence-electron chi connectivity index (χ1n) is 5.85. The monoisotopic (exact) mass is 475 g/mol. The van der Waals surface area contributed by atoms with Gasteiger partial charge in [-0.25, -0.2) is 5.57 Å². The molecule has 0 aromatic rings. The Labute approximate surface area is 95.5 Å². The molecule has 1 aliphatic rings. The quantitative estimate of drug-likeness (QED) is 0.484. The maximum absolute atomic E-state index is 3.68. The molecule has 0 bridgehead atoms. The zero-order valence-electron chi connectivity index (χ0n) is 12.4.